The fraction of sp³-hybridized carbons (Fsp3) is 0.286. The summed E-state index contributed by atoms with van der Waals surface area (Å²) >= 11 is 1.35. The number of halogens is 2. The predicted octanol–water partition coefficient (Wildman–Crippen LogP) is 3.97. The molecule has 3 nitrogen and oxygen atoms in total. The molecule has 0 saturated heterocycles. The molecule has 1 heterocycles. The molecule has 0 aliphatic heterocycles. The zero-order chi connectivity index (χ0) is 14.9. The Morgan fingerprint density at radius 3 is 2.50 bits per heavy atom. The lowest BCUT2D eigenvalue weighted by Gasteiger charge is -2.09. The zero-order valence-electron chi connectivity index (χ0n) is 11.0. The summed E-state index contributed by atoms with van der Waals surface area (Å²) in [4.78, 5) is 15.8. The Hall–Kier alpha value is -1.82. The molecular weight excluding hydrogens is 284 g/mol. The van der Waals surface area contributed by atoms with E-state index in [4.69, 9.17) is 5.11 Å². The summed E-state index contributed by atoms with van der Waals surface area (Å²) in [6.45, 7) is 3.54. The lowest BCUT2D eigenvalue weighted by molar-refractivity contribution is -0.137. The van der Waals surface area contributed by atoms with E-state index in [1.807, 2.05) is 0 Å². The molecule has 0 spiro atoms. The number of hydrogen-bond acceptors (Lipinski definition) is 3. The van der Waals surface area contributed by atoms with Gasteiger partial charge in [-0.15, -0.1) is 11.3 Å². The fourth-order valence-electron chi connectivity index (χ4n) is 2.03. The summed E-state index contributed by atoms with van der Waals surface area (Å²) in [6, 6.07) is 3.20. The van der Waals surface area contributed by atoms with Crippen molar-refractivity contribution in [2.24, 2.45) is 0 Å². The lowest BCUT2D eigenvalue weighted by Crippen LogP contribution is -2.02. The van der Waals surface area contributed by atoms with Crippen LogP contribution in [-0.2, 0) is 4.79 Å². The van der Waals surface area contributed by atoms with Crippen molar-refractivity contribution in [1.82, 2.24) is 4.98 Å². The Bertz CT molecular complexity index is 634. The maximum atomic E-state index is 13.3. The van der Waals surface area contributed by atoms with Crippen LogP contribution < -0.4 is 0 Å². The molecule has 2 rings (SSSR count). The van der Waals surface area contributed by atoms with Crippen LogP contribution in [0.3, 0.4) is 0 Å². The molecule has 0 saturated carbocycles. The topological polar surface area (TPSA) is 50.2 Å². The van der Waals surface area contributed by atoms with Crippen LogP contribution >= 0.6 is 11.3 Å². The third-order valence-electron chi connectivity index (χ3n) is 2.82. The minimum absolute atomic E-state index is 0.0492. The Morgan fingerprint density at radius 2 is 1.95 bits per heavy atom. The first-order valence-corrected chi connectivity index (χ1v) is 6.84. The largest absolute Gasteiger partial charge is 0.481 e. The van der Waals surface area contributed by atoms with Crippen molar-refractivity contribution in [3.63, 3.8) is 0 Å². The first-order chi connectivity index (χ1) is 9.36. The predicted molar refractivity (Wildman–Crippen MR) is 72.9 cm³/mol. The Balaban J connectivity index is 2.48. The van der Waals surface area contributed by atoms with E-state index in [0.717, 1.165) is 16.0 Å². The summed E-state index contributed by atoms with van der Waals surface area (Å²) in [7, 11) is 0. The van der Waals surface area contributed by atoms with Gasteiger partial charge in [0.05, 0.1) is 17.1 Å². The van der Waals surface area contributed by atoms with Gasteiger partial charge in [0.1, 0.15) is 11.6 Å². The molecule has 1 aromatic carbocycles. The Kier molecular flexibility index (Phi) is 4.13. The zero-order valence-corrected chi connectivity index (χ0v) is 11.8. The average molecular weight is 297 g/mol. The summed E-state index contributed by atoms with van der Waals surface area (Å²) in [5.41, 5.74) is 0.790. The average Bonchev–Trinajstić information content (AvgIpc) is 2.69. The van der Waals surface area contributed by atoms with Gasteiger partial charge in [-0.25, -0.2) is 13.8 Å². The van der Waals surface area contributed by atoms with E-state index >= 15 is 0 Å². The van der Waals surface area contributed by atoms with Crippen LogP contribution in [0.2, 0.25) is 0 Å². The number of nitrogens with zero attached hydrogens (tertiary/aromatic N) is 1. The van der Waals surface area contributed by atoms with Crippen LogP contribution in [0.1, 0.15) is 29.1 Å². The first kappa shape index (κ1) is 14.6. The molecule has 0 bridgehead atoms. The van der Waals surface area contributed by atoms with Gasteiger partial charge in [0, 0.05) is 22.4 Å². The molecular formula is C14H13F2NO2S. The Labute approximate surface area is 118 Å². The second kappa shape index (κ2) is 5.66. The molecule has 0 amide bonds. The number of aromatic nitrogens is 1. The van der Waals surface area contributed by atoms with Crippen LogP contribution in [0.25, 0.3) is 11.3 Å². The van der Waals surface area contributed by atoms with Gasteiger partial charge < -0.3 is 5.11 Å². The molecule has 0 fully saturated rings. The van der Waals surface area contributed by atoms with Gasteiger partial charge in [-0.1, -0.05) is 6.92 Å². The number of thiazole rings is 1. The van der Waals surface area contributed by atoms with Crippen LogP contribution in [0.4, 0.5) is 8.78 Å². The van der Waals surface area contributed by atoms with Crippen molar-refractivity contribution >= 4 is 17.3 Å². The van der Waals surface area contributed by atoms with Crippen LogP contribution in [-0.4, -0.2) is 16.1 Å². The molecule has 20 heavy (non-hydrogen) atoms. The van der Waals surface area contributed by atoms with Gasteiger partial charge >= 0.3 is 5.97 Å². The second-order valence-corrected chi connectivity index (χ2v) is 5.84. The second-order valence-electron chi connectivity index (χ2n) is 4.60. The molecule has 0 radical (unpaired) electrons. The lowest BCUT2D eigenvalue weighted by atomic mass is 10.0. The summed E-state index contributed by atoms with van der Waals surface area (Å²) in [5, 5.41) is 9.60. The van der Waals surface area contributed by atoms with Crippen molar-refractivity contribution < 1.29 is 18.7 Å². The van der Waals surface area contributed by atoms with Gasteiger partial charge in [-0.2, -0.15) is 0 Å². The summed E-state index contributed by atoms with van der Waals surface area (Å²) < 4.78 is 26.6. The fourth-order valence-corrected chi connectivity index (χ4v) is 3.03. The molecule has 1 N–H and O–H groups in total. The maximum absolute atomic E-state index is 13.3. The first-order valence-electron chi connectivity index (χ1n) is 6.02. The monoisotopic (exact) mass is 297 g/mol. The SMILES string of the molecule is Cc1nc(-c2cc(F)cc(F)c2)c(C(C)CC(=O)O)s1. The number of carboxylic acid groups (broad SMARTS) is 1. The minimum Gasteiger partial charge on any atom is -0.481 e. The number of carbonyl (C=O) groups is 1. The van der Waals surface area contributed by atoms with E-state index in [-0.39, 0.29) is 12.3 Å². The van der Waals surface area contributed by atoms with Crippen LogP contribution in [0.5, 0.6) is 0 Å². The normalized spacial score (nSPS) is 12.4. The third-order valence-corrected chi connectivity index (χ3v) is 4.03. The van der Waals surface area contributed by atoms with Crippen LogP contribution in [0, 0.1) is 18.6 Å². The molecule has 0 aliphatic carbocycles. The van der Waals surface area contributed by atoms with Crippen LogP contribution in [0.15, 0.2) is 18.2 Å². The Morgan fingerprint density at radius 1 is 1.35 bits per heavy atom. The van der Waals surface area contributed by atoms with Crippen molar-refractivity contribution in [3.05, 3.63) is 39.7 Å². The molecule has 1 aromatic heterocycles. The number of hydrogen-bond donors (Lipinski definition) is 1. The number of aryl methyl sites for hydroxylation is 1. The van der Waals surface area contributed by atoms with Gasteiger partial charge in [-0.3, -0.25) is 4.79 Å². The molecule has 106 valence electrons. The van der Waals surface area contributed by atoms with E-state index in [9.17, 15) is 13.6 Å². The van der Waals surface area contributed by atoms with E-state index < -0.39 is 17.6 Å². The van der Waals surface area contributed by atoms with Crippen molar-refractivity contribution in [2.45, 2.75) is 26.2 Å². The maximum Gasteiger partial charge on any atom is 0.303 e. The number of benzene rings is 1. The highest BCUT2D eigenvalue weighted by Crippen LogP contribution is 2.35. The molecule has 0 aliphatic rings. The van der Waals surface area contributed by atoms with Gasteiger partial charge in [0.25, 0.3) is 0 Å². The number of carboxylic acids is 1. The molecule has 1 unspecified atom stereocenters. The minimum atomic E-state index is -0.917. The van der Waals surface area contributed by atoms with E-state index in [0.29, 0.717) is 11.3 Å². The highest BCUT2D eigenvalue weighted by molar-refractivity contribution is 7.12. The van der Waals surface area contributed by atoms with Gasteiger partial charge in [-0.05, 0) is 19.1 Å². The standard InChI is InChI=1S/C14H13F2NO2S/c1-7(3-12(18)19)14-13(17-8(2)20-14)9-4-10(15)6-11(16)5-9/h4-7H,3H2,1-2H3,(H,18,19). The number of aliphatic carboxylic acids is 1. The van der Waals surface area contributed by atoms with Gasteiger partial charge in [0.2, 0.25) is 0 Å². The quantitative estimate of drug-likeness (QED) is 0.928. The van der Waals surface area contributed by atoms with Crippen molar-refractivity contribution in [2.75, 3.05) is 0 Å². The molecule has 2 aromatic rings. The third kappa shape index (κ3) is 3.19. The van der Waals surface area contributed by atoms with E-state index in [1.54, 1.807) is 13.8 Å². The van der Waals surface area contributed by atoms with E-state index in [2.05, 4.69) is 4.98 Å². The summed E-state index contributed by atoms with van der Waals surface area (Å²) in [5.74, 6) is -2.54. The van der Waals surface area contributed by atoms with Crippen molar-refractivity contribution in [3.8, 4) is 11.3 Å². The number of rotatable bonds is 4. The smallest absolute Gasteiger partial charge is 0.303 e. The highest BCUT2D eigenvalue weighted by atomic mass is 32.1. The summed E-state index contributed by atoms with van der Waals surface area (Å²) in [6.07, 6.45) is -0.0492. The molecule has 6 heteroatoms. The van der Waals surface area contributed by atoms with Crippen molar-refractivity contribution in [1.29, 1.82) is 0 Å². The molecule has 1 atom stereocenters. The van der Waals surface area contributed by atoms with E-state index in [1.165, 1.54) is 23.5 Å². The van der Waals surface area contributed by atoms with Gasteiger partial charge in [0.15, 0.2) is 0 Å². The highest BCUT2D eigenvalue weighted by Gasteiger charge is 2.20.